The molecule has 28 heavy (non-hydrogen) atoms. The Balaban J connectivity index is 1.61. The molecule has 0 unspecified atom stereocenters. The first kappa shape index (κ1) is 20.1. The number of amides is 1. The lowest BCUT2D eigenvalue weighted by Crippen LogP contribution is -2.41. The number of aryl methyl sites for hydroxylation is 1. The molecular formula is C22H27N3O3. The average molecular weight is 381 g/mol. The number of carbonyl (C=O) groups excluding carboxylic acids is 1. The van der Waals surface area contributed by atoms with Crippen molar-refractivity contribution < 1.29 is 13.9 Å². The molecule has 1 fully saturated rings. The zero-order valence-electron chi connectivity index (χ0n) is 16.3. The lowest BCUT2D eigenvalue weighted by atomic mass is 9.94. The van der Waals surface area contributed by atoms with Gasteiger partial charge in [0, 0.05) is 26.0 Å². The van der Waals surface area contributed by atoms with E-state index in [9.17, 15) is 4.79 Å². The van der Waals surface area contributed by atoms with E-state index in [0.29, 0.717) is 31.2 Å². The molecule has 2 aromatic rings. The summed E-state index contributed by atoms with van der Waals surface area (Å²) in [4.78, 5) is 14.6. The molecule has 3 rings (SSSR count). The third-order valence-electron chi connectivity index (χ3n) is 5.19. The van der Waals surface area contributed by atoms with E-state index in [-0.39, 0.29) is 11.9 Å². The smallest absolute Gasteiger partial charge is 0.249 e. The van der Waals surface area contributed by atoms with Crippen molar-refractivity contribution in [2.75, 3.05) is 13.7 Å². The topological polar surface area (TPSA) is 68.5 Å². The minimum absolute atomic E-state index is 0.0518. The molecule has 1 saturated carbocycles. The molecule has 0 bridgehead atoms. The summed E-state index contributed by atoms with van der Waals surface area (Å²) >= 11 is 0. The van der Waals surface area contributed by atoms with Crippen LogP contribution in [-0.4, -0.2) is 40.7 Å². The Morgan fingerprint density at radius 1 is 1.29 bits per heavy atom. The monoisotopic (exact) mass is 381 g/mol. The molecule has 148 valence electrons. The fourth-order valence-corrected chi connectivity index (χ4v) is 3.75. The summed E-state index contributed by atoms with van der Waals surface area (Å²) in [5, 5.41) is 8.21. The summed E-state index contributed by atoms with van der Waals surface area (Å²) in [5.41, 5.74) is 0.939. The molecule has 1 aromatic heterocycles. The fraction of sp³-hybridized carbons (Fsp3) is 0.500. The summed E-state index contributed by atoms with van der Waals surface area (Å²) < 4.78 is 11.3. The Labute approximate surface area is 166 Å². The third kappa shape index (κ3) is 4.99. The van der Waals surface area contributed by atoms with Crippen molar-refractivity contribution in [3.8, 4) is 12.3 Å². The maximum atomic E-state index is 12.7. The van der Waals surface area contributed by atoms with Gasteiger partial charge in [-0.05, 0) is 18.4 Å². The Bertz CT molecular complexity index is 791. The van der Waals surface area contributed by atoms with E-state index in [1.807, 2.05) is 35.2 Å². The van der Waals surface area contributed by atoms with Gasteiger partial charge in [-0.2, -0.15) is 0 Å². The van der Waals surface area contributed by atoms with E-state index >= 15 is 0 Å². The van der Waals surface area contributed by atoms with Crippen molar-refractivity contribution in [3.63, 3.8) is 0 Å². The minimum Gasteiger partial charge on any atom is -0.422 e. The largest absolute Gasteiger partial charge is 0.422 e. The third-order valence-corrected chi connectivity index (χ3v) is 5.19. The van der Waals surface area contributed by atoms with Gasteiger partial charge in [0.05, 0.1) is 6.54 Å². The van der Waals surface area contributed by atoms with Gasteiger partial charge in [0.2, 0.25) is 17.7 Å². The van der Waals surface area contributed by atoms with Crippen molar-refractivity contribution >= 4 is 5.91 Å². The zero-order chi connectivity index (χ0) is 19.8. The Morgan fingerprint density at radius 2 is 2.04 bits per heavy atom. The first-order valence-corrected chi connectivity index (χ1v) is 9.86. The maximum Gasteiger partial charge on any atom is 0.249 e. The predicted molar refractivity (Wildman–Crippen MR) is 105 cm³/mol. The van der Waals surface area contributed by atoms with Crippen LogP contribution in [0.2, 0.25) is 0 Å². The highest BCUT2D eigenvalue weighted by Crippen LogP contribution is 2.25. The van der Waals surface area contributed by atoms with Crippen molar-refractivity contribution in [1.82, 2.24) is 15.1 Å². The van der Waals surface area contributed by atoms with Crippen molar-refractivity contribution in [2.24, 2.45) is 0 Å². The molecule has 0 radical (unpaired) electrons. The molecule has 1 aromatic carbocycles. The van der Waals surface area contributed by atoms with E-state index in [4.69, 9.17) is 15.6 Å². The van der Waals surface area contributed by atoms with E-state index in [2.05, 4.69) is 16.1 Å². The van der Waals surface area contributed by atoms with Gasteiger partial charge >= 0.3 is 0 Å². The number of carbonyl (C=O) groups is 1. The average Bonchev–Trinajstić information content (AvgIpc) is 3.21. The van der Waals surface area contributed by atoms with Crippen LogP contribution in [0.1, 0.15) is 62.0 Å². The van der Waals surface area contributed by atoms with Gasteiger partial charge in [0.25, 0.3) is 0 Å². The predicted octanol–water partition coefficient (Wildman–Crippen LogP) is 3.53. The van der Waals surface area contributed by atoms with Crippen LogP contribution in [0.15, 0.2) is 34.7 Å². The first-order chi connectivity index (χ1) is 13.7. The van der Waals surface area contributed by atoms with E-state index in [1.165, 1.54) is 6.42 Å². The Morgan fingerprint density at radius 3 is 2.71 bits per heavy atom. The number of ether oxygens (including phenoxy) is 1. The fourth-order valence-electron chi connectivity index (χ4n) is 3.75. The number of hydrogen-bond acceptors (Lipinski definition) is 5. The number of benzene rings is 1. The number of rotatable bonds is 8. The van der Waals surface area contributed by atoms with E-state index in [0.717, 1.165) is 31.2 Å². The van der Waals surface area contributed by atoms with Gasteiger partial charge < -0.3 is 14.1 Å². The lowest BCUT2D eigenvalue weighted by Gasteiger charge is -2.33. The standard InChI is InChI=1S/C22H27N3O3/c1-3-16-25(18-12-8-5-9-13-18)20(26)15-14-19-23-24-22(28-19)21(27-2)17-10-6-4-7-11-17/h1,4,6-7,10-11,18,21H,5,8-9,12-16H2,2H3/t21-/m1/s1. The molecule has 1 aliphatic rings. The molecule has 1 atom stereocenters. The first-order valence-electron chi connectivity index (χ1n) is 9.86. The van der Waals surface area contributed by atoms with Gasteiger partial charge in [0.1, 0.15) is 0 Å². The van der Waals surface area contributed by atoms with Crippen LogP contribution in [0.4, 0.5) is 0 Å². The van der Waals surface area contributed by atoms with Gasteiger partial charge in [-0.25, -0.2) is 0 Å². The number of nitrogens with zero attached hydrogens (tertiary/aromatic N) is 3. The van der Waals surface area contributed by atoms with Crippen molar-refractivity contribution in [1.29, 1.82) is 0 Å². The van der Waals surface area contributed by atoms with Crippen molar-refractivity contribution in [3.05, 3.63) is 47.7 Å². The normalized spacial score (nSPS) is 15.7. The molecule has 0 N–H and O–H groups in total. The molecule has 0 saturated heterocycles. The molecule has 1 heterocycles. The molecule has 0 aliphatic heterocycles. The minimum atomic E-state index is -0.418. The summed E-state index contributed by atoms with van der Waals surface area (Å²) in [6.07, 6.45) is 11.4. The highest BCUT2D eigenvalue weighted by molar-refractivity contribution is 5.77. The SMILES string of the molecule is C#CCN(C(=O)CCc1nnc([C@H](OC)c2ccccc2)o1)C1CCCCC1. The van der Waals surface area contributed by atoms with Crippen molar-refractivity contribution in [2.45, 2.75) is 57.1 Å². The summed E-state index contributed by atoms with van der Waals surface area (Å²) in [7, 11) is 1.60. The van der Waals surface area contributed by atoms with Gasteiger partial charge in [-0.3, -0.25) is 4.79 Å². The van der Waals surface area contributed by atoms with Crippen LogP contribution in [0.3, 0.4) is 0 Å². The number of hydrogen-bond donors (Lipinski definition) is 0. The van der Waals surface area contributed by atoms with Crippen LogP contribution in [0, 0.1) is 12.3 Å². The Kier molecular flexibility index (Phi) is 7.21. The second-order valence-corrected chi connectivity index (χ2v) is 7.08. The summed E-state index contributed by atoms with van der Waals surface area (Å²) in [5.74, 6) is 3.51. The molecule has 6 heteroatoms. The number of methoxy groups -OCH3 is 1. The number of terminal acetylenes is 1. The lowest BCUT2D eigenvalue weighted by molar-refractivity contribution is -0.133. The Hall–Kier alpha value is -2.65. The van der Waals surface area contributed by atoms with Crippen LogP contribution in [0.25, 0.3) is 0 Å². The van der Waals surface area contributed by atoms with Gasteiger partial charge in [-0.1, -0.05) is 55.5 Å². The quantitative estimate of drug-likeness (QED) is 0.654. The summed E-state index contributed by atoms with van der Waals surface area (Å²) in [6.45, 7) is 0.359. The van der Waals surface area contributed by atoms with Gasteiger partial charge in [0.15, 0.2) is 6.10 Å². The highest BCUT2D eigenvalue weighted by atomic mass is 16.5. The molecule has 0 spiro atoms. The molecule has 1 amide bonds. The molecular weight excluding hydrogens is 354 g/mol. The zero-order valence-corrected chi connectivity index (χ0v) is 16.3. The molecule has 6 nitrogen and oxygen atoms in total. The number of aromatic nitrogens is 2. The van der Waals surface area contributed by atoms with E-state index in [1.54, 1.807) is 7.11 Å². The molecule has 1 aliphatic carbocycles. The summed E-state index contributed by atoms with van der Waals surface area (Å²) in [6, 6.07) is 9.96. The maximum absolute atomic E-state index is 12.7. The second kappa shape index (κ2) is 10.0. The van der Waals surface area contributed by atoms with Crippen LogP contribution < -0.4 is 0 Å². The van der Waals surface area contributed by atoms with E-state index < -0.39 is 6.10 Å². The second-order valence-electron chi connectivity index (χ2n) is 7.08. The highest BCUT2D eigenvalue weighted by Gasteiger charge is 2.25. The van der Waals surface area contributed by atoms with Crippen LogP contribution in [0.5, 0.6) is 0 Å². The van der Waals surface area contributed by atoms with Crippen LogP contribution in [-0.2, 0) is 16.0 Å². The van der Waals surface area contributed by atoms with Gasteiger partial charge in [-0.15, -0.1) is 16.6 Å². The van der Waals surface area contributed by atoms with Crippen LogP contribution >= 0.6 is 0 Å².